The Balaban J connectivity index is 1.59. The van der Waals surface area contributed by atoms with Crippen molar-refractivity contribution in [1.82, 2.24) is 0 Å². The Hall–Kier alpha value is -1.18. The molecule has 0 aliphatic heterocycles. The molecule has 0 unspecified atom stereocenters. The van der Waals surface area contributed by atoms with Crippen LogP contribution in [0.5, 0.6) is 5.75 Å². The van der Waals surface area contributed by atoms with E-state index in [2.05, 4.69) is 36.5 Å². The summed E-state index contributed by atoms with van der Waals surface area (Å²) >= 11 is 0. The van der Waals surface area contributed by atoms with Gasteiger partial charge in [-0.05, 0) is 43.0 Å². The maximum absolute atomic E-state index is 5.78. The largest absolute Gasteiger partial charge is 0.494 e. The van der Waals surface area contributed by atoms with E-state index in [9.17, 15) is 0 Å². The number of nitrogens with one attached hydrogen (secondary N) is 1. The fraction of sp³-hybridized carbons (Fsp3) is 0.700. The lowest BCUT2D eigenvalue weighted by atomic mass is 9.87. The predicted octanol–water partition coefficient (Wildman–Crippen LogP) is 6.03. The molecule has 2 nitrogen and oxygen atoms in total. The molecule has 0 heterocycles. The maximum atomic E-state index is 5.78. The van der Waals surface area contributed by atoms with Gasteiger partial charge in [-0.2, -0.15) is 0 Å². The van der Waals surface area contributed by atoms with Crippen LogP contribution in [-0.4, -0.2) is 13.2 Å². The van der Waals surface area contributed by atoms with E-state index >= 15 is 0 Å². The van der Waals surface area contributed by atoms with Crippen molar-refractivity contribution in [2.45, 2.75) is 71.1 Å². The van der Waals surface area contributed by atoms with Gasteiger partial charge in [0, 0.05) is 12.2 Å². The topological polar surface area (TPSA) is 21.3 Å². The maximum Gasteiger partial charge on any atom is 0.119 e. The third kappa shape index (κ3) is 6.72. The third-order valence-electron chi connectivity index (χ3n) is 4.73. The Morgan fingerprint density at radius 3 is 2.50 bits per heavy atom. The second-order valence-electron chi connectivity index (χ2n) is 6.65. The van der Waals surface area contributed by atoms with Crippen LogP contribution in [-0.2, 0) is 0 Å². The van der Waals surface area contributed by atoms with Crippen LogP contribution in [0.2, 0.25) is 0 Å². The van der Waals surface area contributed by atoms with Crippen molar-refractivity contribution in [1.29, 1.82) is 0 Å². The molecule has 0 atom stereocenters. The normalized spacial score (nSPS) is 15.7. The van der Waals surface area contributed by atoms with Crippen LogP contribution in [0.1, 0.15) is 71.1 Å². The van der Waals surface area contributed by atoms with Gasteiger partial charge in [-0.1, -0.05) is 58.3 Å². The van der Waals surface area contributed by atoms with Gasteiger partial charge in [-0.15, -0.1) is 0 Å². The Bertz CT molecular complexity index is 381. The molecule has 1 aliphatic rings. The first-order valence-electron chi connectivity index (χ1n) is 9.35. The van der Waals surface area contributed by atoms with Crippen molar-refractivity contribution < 1.29 is 4.74 Å². The molecule has 0 saturated heterocycles. The Kier molecular flexibility index (Phi) is 8.22. The van der Waals surface area contributed by atoms with Crippen molar-refractivity contribution in [2.24, 2.45) is 5.92 Å². The van der Waals surface area contributed by atoms with Crippen molar-refractivity contribution in [3.05, 3.63) is 24.3 Å². The number of ether oxygens (including phenoxy) is 1. The smallest absolute Gasteiger partial charge is 0.119 e. The van der Waals surface area contributed by atoms with E-state index in [-0.39, 0.29) is 0 Å². The molecule has 0 aromatic heterocycles. The molecule has 1 fully saturated rings. The molecule has 0 spiro atoms. The summed E-state index contributed by atoms with van der Waals surface area (Å²) in [5.74, 6) is 1.95. The molecule has 22 heavy (non-hydrogen) atoms. The number of unbranched alkanes of at least 4 members (excludes halogenated alkanes) is 3. The first-order chi connectivity index (χ1) is 10.9. The summed E-state index contributed by atoms with van der Waals surface area (Å²) in [4.78, 5) is 0. The first-order valence-corrected chi connectivity index (χ1v) is 9.35. The number of anilines is 1. The molecule has 0 bridgehead atoms. The molecule has 2 heteroatoms. The van der Waals surface area contributed by atoms with Crippen molar-refractivity contribution in [3.63, 3.8) is 0 Å². The molecule has 1 aliphatic carbocycles. The molecule has 2 rings (SSSR count). The minimum absolute atomic E-state index is 0.842. The fourth-order valence-electron chi connectivity index (χ4n) is 3.28. The van der Waals surface area contributed by atoms with Gasteiger partial charge in [0.2, 0.25) is 0 Å². The average molecular weight is 303 g/mol. The highest BCUT2D eigenvalue weighted by atomic mass is 16.5. The summed E-state index contributed by atoms with van der Waals surface area (Å²) < 4.78 is 5.78. The standard InChI is InChI=1S/C20H33NO/c1-2-3-4-8-17-22-20-13-11-19(12-14-20)21-16-15-18-9-6-5-7-10-18/h11-14,18,21H,2-10,15-17H2,1H3. The molecule has 0 radical (unpaired) electrons. The minimum atomic E-state index is 0.842. The lowest BCUT2D eigenvalue weighted by Crippen LogP contribution is -2.12. The zero-order valence-electron chi connectivity index (χ0n) is 14.3. The van der Waals surface area contributed by atoms with E-state index < -0.39 is 0 Å². The lowest BCUT2D eigenvalue weighted by molar-refractivity contribution is 0.305. The summed E-state index contributed by atoms with van der Waals surface area (Å²) in [7, 11) is 0. The average Bonchev–Trinajstić information content (AvgIpc) is 2.57. The number of benzene rings is 1. The molecule has 124 valence electrons. The lowest BCUT2D eigenvalue weighted by Gasteiger charge is -2.21. The predicted molar refractivity (Wildman–Crippen MR) is 95.8 cm³/mol. The first kappa shape index (κ1) is 17.2. The molecule has 1 N–H and O–H groups in total. The van der Waals surface area contributed by atoms with Crippen LogP contribution in [0.25, 0.3) is 0 Å². The molecular weight excluding hydrogens is 270 g/mol. The van der Waals surface area contributed by atoms with Gasteiger partial charge in [-0.25, -0.2) is 0 Å². The van der Waals surface area contributed by atoms with Crippen LogP contribution >= 0.6 is 0 Å². The van der Waals surface area contributed by atoms with Crippen molar-refractivity contribution in [2.75, 3.05) is 18.5 Å². The SMILES string of the molecule is CCCCCCOc1ccc(NCCC2CCCCC2)cc1. The Labute approximate surface area is 136 Å². The van der Waals surface area contributed by atoms with Crippen LogP contribution in [0.4, 0.5) is 5.69 Å². The van der Waals surface area contributed by atoms with E-state index in [0.29, 0.717) is 0 Å². The monoisotopic (exact) mass is 303 g/mol. The van der Waals surface area contributed by atoms with Gasteiger partial charge < -0.3 is 10.1 Å². The summed E-state index contributed by atoms with van der Waals surface area (Å²) in [5.41, 5.74) is 1.22. The van der Waals surface area contributed by atoms with Gasteiger partial charge in [0.15, 0.2) is 0 Å². The van der Waals surface area contributed by atoms with Crippen LogP contribution in [0.3, 0.4) is 0 Å². The van der Waals surface area contributed by atoms with Crippen LogP contribution in [0, 0.1) is 5.92 Å². The van der Waals surface area contributed by atoms with Crippen molar-refractivity contribution >= 4 is 5.69 Å². The van der Waals surface area contributed by atoms with E-state index in [4.69, 9.17) is 4.74 Å². The van der Waals surface area contributed by atoms with E-state index in [1.165, 1.54) is 63.5 Å². The highest BCUT2D eigenvalue weighted by molar-refractivity contribution is 5.46. The summed E-state index contributed by atoms with van der Waals surface area (Å²) in [6.45, 7) is 4.18. The zero-order chi connectivity index (χ0) is 15.5. The van der Waals surface area contributed by atoms with E-state index in [0.717, 1.165) is 31.2 Å². The summed E-state index contributed by atoms with van der Waals surface area (Å²) in [5, 5.41) is 3.55. The molecular formula is C20H33NO. The van der Waals surface area contributed by atoms with Gasteiger partial charge in [0.05, 0.1) is 6.61 Å². The Morgan fingerprint density at radius 2 is 1.77 bits per heavy atom. The second kappa shape index (κ2) is 10.5. The number of rotatable bonds is 10. The summed E-state index contributed by atoms with van der Waals surface area (Å²) in [6.07, 6.45) is 13.5. The minimum Gasteiger partial charge on any atom is -0.494 e. The highest BCUT2D eigenvalue weighted by Crippen LogP contribution is 2.26. The Morgan fingerprint density at radius 1 is 1.00 bits per heavy atom. The van der Waals surface area contributed by atoms with Gasteiger partial charge >= 0.3 is 0 Å². The number of hydrogen-bond acceptors (Lipinski definition) is 2. The summed E-state index contributed by atoms with van der Waals surface area (Å²) in [6, 6.07) is 8.45. The van der Waals surface area contributed by atoms with Crippen LogP contribution < -0.4 is 10.1 Å². The molecule has 1 aromatic rings. The fourth-order valence-corrected chi connectivity index (χ4v) is 3.28. The molecule has 0 amide bonds. The number of hydrogen-bond donors (Lipinski definition) is 1. The molecule has 1 saturated carbocycles. The van der Waals surface area contributed by atoms with E-state index in [1.807, 2.05) is 0 Å². The van der Waals surface area contributed by atoms with E-state index in [1.54, 1.807) is 0 Å². The van der Waals surface area contributed by atoms with Gasteiger partial charge in [-0.3, -0.25) is 0 Å². The third-order valence-corrected chi connectivity index (χ3v) is 4.73. The van der Waals surface area contributed by atoms with Gasteiger partial charge in [0.25, 0.3) is 0 Å². The van der Waals surface area contributed by atoms with Crippen molar-refractivity contribution in [3.8, 4) is 5.75 Å². The van der Waals surface area contributed by atoms with Gasteiger partial charge in [0.1, 0.15) is 5.75 Å². The quantitative estimate of drug-likeness (QED) is 0.533. The highest BCUT2D eigenvalue weighted by Gasteiger charge is 2.12. The van der Waals surface area contributed by atoms with Crippen LogP contribution in [0.15, 0.2) is 24.3 Å². The molecule has 1 aromatic carbocycles. The zero-order valence-corrected chi connectivity index (χ0v) is 14.3. The second-order valence-corrected chi connectivity index (χ2v) is 6.65.